The van der Waals surface area contributed by atoms with E-state index in [1.165, 1.54) is 12.1 Å². The zero-order valence-corrected chi connectivity index (χ0v) is 9.12. The number of carboxylic acids is 1. The van der Waals surface area contributed by atoms with Crippen LogP contribution < -0.4 is 0 Å². The third-order valence-corrected chi connectivity index (χ3v) is 3.21. The van der Waals surface area contributed by atoms with Gasteiger partial charge in [0.25, 0.3) is 5.69 Å². The number of benzene rings is 1. The molecule has 90 valence electrons. The molecular weight excluding hydrogens is 250 g/mol. The molecule has 0 saturated heterocycles. The Morgan fingerprint density at radius 2 is 1.94 bits per heavy atom. The minimum absolute atomic E-state index is 0.409. The number of nitro groups is 1. The summed E-state index contributed by atoms with van der Waals surface area (Å²) in [5.41, 5.74) is -0.595. The molecule has 0 aromatic heterocycles. The van der Waals surface area contributed by atoms with Crippen molar-refractivity contribution in [3.63, 3.8) is 0 Å². The van der Waals surface area contributed by atoms with Gasteiger partial charge in [0.15, 0.2) is 0 Å². The van der Waals surface area contributed by atoms with Crippen LogP contribution in [0.15, 0.2) is 40.6 Å². The van der Waals surface area contributed by atoms with E-state index >= 15 is 0 Å². The lowest BCUT2D eigenvalue weighted by molar-refractivity contribution is -0.387. The lowest BCUT2D eigenvalue weighted by Gasteiger charge is -1.99. The first kappa shape index (κ1) is 12.8. The quantitative estimate of drug-likeness (QED) is 0.488. The van der Waals surface area contributed by atoms with Crippen molar-refractivity contribution in [2.24, 2.45) is 0 Å². The normalized spacial score (nSPS) is 11.5. The van der Waals surface area contributed by atoms with Gasteiger partial charge in [-0.3, -0.25) is 10.1 Å². The fraction of sp³-hybridized carbons (Fsp3) is 0. The molecule has 0 unspecified atom stereocenters. The van der Waals surface area contributed by atoms with Crippen molar-refractivity contribution in [1.82, 2.24) is 0 Å². The first-order valence-electron chi connectivity index (χ1n) is 4.24. The lowest BCUT2D eigenvalue weighted by atomic mass is 10.3. The lowest BCUT2D eigenvalue weighted by Crippen LogP contribution is -2.02. The highest BCUT2D eigenvalue weighted by molar-refractivity contribution is 7.94. The number of hydrogen-bond donors (Lipinski definition) is 1. The van der Waals surface area contributed by atoms with Crippen LogP contribution in [0.25, 0.3) is 0 Å². The van der Waals surface area contributed by atoms with Gasteiger partial charge in [-0.1, -0.05) is 12.1 Å². The molecule has 17 heavy (non-hydrogen) atoms. The number of carbonyl (C=O) groups is 1. The first-order chi connectivity index (χ1) is 7.84. The molecule has 1 aromatic carbocycles. The van der Waals surface area contributed by atoms with Crippen LogP contribution in [0.2, 0.25) is 0 Å². The van der Waals surface area contributed by atoms with Gasteiger partial charge in [-0.15, -0.1) is 0 Å². The Balaban J connectivity index is 3.34. The molecule has 0 aliphatic heterocycles. The van der Waals surface area contributed by atoms with Crippen LogP contribution in [0.5, 0.6) is 0 Å². The Kier molecular flexibility index (Phi) is 3.59. The van der Waals surface area contributed by atoms with E-state index in [9.17, 15) is 23.3 Å². The van der Waals surface area contributed by atoms with Crippen LogP contribution in [0, 0.1) is 10.1 Å². The van der Waals surface area contributed by atoms with E-state index in [4.69, 9.17) is 5.11 Å². The largest absolute Gasteiger partial charge is 0.478 e. The van der Waals surface area contributed by atoms with Gasteiger partial charge >= 0.3 is 5.97 Å². The molecule has 0 aliphatic carbocycles. The van der Waals surface area contributed by atoms with E-state index in [0.717, 1.165) is 12.1 Å². The van der Waals surface area contributed by atoms with E-state index in [1.54, 1.807) is 0 Å². The summed E-state index contributed by atoms with van der Waals surface area (Å²) in [7, 11) is -4.13. The van der Waals surface area contributed by atoms with Crippen molar-refractivity contribution in [2.75, 3.05) is 0 Å². The van der Waals surface area contributed by atoms with Crippen molar-refractivity contribution < 1.29 is 23.2 Å². The van der Waals surface area contributed by atoms with E-state index < -0.39 is 31.3 Å². The van der Waals surface area contributed by atoms with Gasteiger partial charge in [-0.25, -0.2) is 13.2 Å². The van der Waals surface area contributed by atoms with Crippen molar-refractivity contribution in [2.45, 2.75) is 4.90 Å². The van der Waals surface area contributed by atoms with Gasteiger partial charge in [0, 0.05) is 17.6 Å². The molecule has 0 atom stereocenters. The summed E-state index contributed by atoms with van der Waals surface area (Å²) in [5.74, 6) is -1.45. The first-order valence-corrected chi connectivity index (χ1v) is 5.79. The zero-order valence-electron chi connectivity index (χ0n) is 8.31. The summed E-state index contributed by atoms with van der Waals surface area (Å²) in [6.45, 7) is 0. The van der Waals surface area contributed by atoms with Crippen LogP contribution in [0.3, 0.4) is 0 Å². The smallest absolute Gasteiger partial charge is 0.329 e. The number of nitro benzene ring substituents is 1. The number of carboxylic acid groups (broad SMARTS) is 1. The van der Waals surface area contributed by atoms with E-state index in [-0.39, 0.29) is 0 Å². The molecule has 0 amide bonds. The molecule has 8 heteroatoms. The summed E-state index contributed by atoms with van der Waals surface area (Å²) in [4.78, 5) is 19.4. The minimum atomic E-state index is -4.13. The fourth-order valence-electron chi connectivity index (χ4n) is 1.07. The maximum atomic E-state index is 11.6. The van der Waals surface area contributed by atoms with Crippen molar-refractivity contribution in [3.8, 4) is 0 Å². The van der Waals surface area contributed by atoms with Crippen molar-refractivity contribution >= 4 is 21.5 Å². The summed E-state index contributed by atoms with van der Waals surface area (Å²) < 4.78 is 23.2. The third-order valence-electron chi connectivity index (χ3n) is 1.76. The SMILES string of the molecule is O=C(O)C=CS(=O)(=O)c1ccccc1[N+](=O)[O-]. The molecule has 0 radical (unpaired) electrons. The summed E-state index contributed by atoms with van der Waals surface area (Å²) in [5, 5.41) is 19.3. The standard InChI is InChI=1S/C9H7NO6S/c11-9(12)5-6-17(15,16)8-4-2-1-3-7(8)10(13)14/h1-6H,(H,11,12). The van der Waals surface area contributed by atoms with E-state index in [1.807, 2.05) is 0 Å². The molecule has 0 bridgehead atoms. The molecule has 1 rings (SSSR count). The number of hydrogen-bond acceptors (Lipinski definition) is 5. The fourth-order valence-corrected chi connectivity index (χ4v) is 2.21. The number of nitrogens with zero attached hydrogens (tertiary/aromatic N) is 1. The topological polar surface area (TPSA) is 115 Å². The van der Waals surface area contributed by atoms with Gasteiger partial charge in [0.2, 0.25) is 9.84 Å². The van der Waals surface area contributed by atoms with Gasteiger partial charge in [-0.05, 0) is 6.07 Å². The van der Waals surface area contributed by atoms with Crippen molar-refractivity contribution in [3.05, 3.63) is 45.9 Å². The zero-order chi connectivity index (χ0) is 13.1. The predicted octanol–water partition coefficient (Wildman–Crippen LogP) is 0.967. The molecule has 0 saturated carbocycles. The number of aliphatic carboxylic acids is 1. The third kappa shape index (κ3) is 3.11. The highest BCUT2D eigenvalue weighted by Gasteiger charge is 2.22. The van der Waals surface area contributed by atoms with E-state index in [2.05, 4.69) is 0 Å². The molecule has 0 spiro atoms. The Morgan fingerprint density at radius 3 is 2.47 bits per heavy atom. The predicted molar refractivity (Wildman–Crippen MR) is 57.1 cm³/mol. The van der Waals surface area contributed by atoms with Gasteiger partial charge < -0.3 is 5.11 Å². The molecule has 0 aliphatic rings. The second kappa shape index (κ2) is 4.74. The molecule has 7 nitrogen and oxygen atoms in total. The van der Waals surface area contributed by atoms with Gasteiger partial charge in [-0.2, -0.15) is 0 Å². The molecular formula is C9H7NO6S. The molecule has 0 heterocycles. The van der Waals surface area contributed by atoms with Gasteiger partial charge in [0.1, 0.15) is 4.90 Å². The second-order valence-electron chi connectivity index (χ2n) is 2.91. The highest BCUT2D eigenvalue weighted by Crippen LogP contribution is 2.24. The monoisotopic (exact) mass is 257 g/mol. The van der Waals surface area contributed by atoms with Crippen LogP contribution in [-0.2, 0) is 14.6 Å². The number of sulfone groups is 1. The Labute approximate surface area is 96.1 Å². The molecule has 1 aromatic rings. The summed E-state index contributed by atoms with van der Waals surface area (Å²) in [6, 6.07) is 4.70. The number of para-hydroxylation sites is 1. The summed E-state index contributed by atoms with van der Waals surface area (Å²) in [6.07, 6.45) is 0.409. The Bertz CT molecular complexity index is 589. The van der Waals surface area contributed by atoms with Gasteiger partial charge in [0.05, 0.1) is 4.92 Å². The van der Waals surface area contributed by atoms with E-state index in [0.29, 0.717) is 11.5 Å². The minimum Gasteiger partial charge on any atom is -0.478 e. The Hall–Kier alpha value is -2.22. The van der Waals surface area contributed by atoms with Crippen LogP contribution >= 0.6 is 0 Å². The second-order valence-corrected chi connectivity index (χ2v) is 4.71. The summed E-state index contributed by atoms with van der Waals surface area (Å²) >= 11 is 0. The van der Waals surface area contributed by atoms with Crippen molar-refractivity contribution in [1.29, 1.82) is 0 Å². The molecule has 1 N–H and O–H groups in total. The van der Waals surface area contributed by atoms with Crippen LogP contribution in [0.4, 0.5) is 5.69 Å². The molecule has 0 fully saturated rings. The van der Waals surface area contributed by atoms with Crippen LogP contribution in [0.1, 0.15) is 0 Å². The Morgan fingerprint density at radius 1 is 1.35 bits per heavy atom. The highest BCUT2D eigenvalue weighted by atomic mass is 32.2. The van der Waals surface area contributed by atoms with Crippen LogP contribution in [-0.4, -0.2) is 24.4 Å². The maximum Gasteiger partial charge on any atom is 0.329 e. The average molecular weight is 257 g/mol. The maximum absolute atomic E-state index is 11.6. The average Bonchev–Trinajstić information content (AvgIpc) is 2.26. The number of rotatable bonds is 4.